The van der Waals surface area contributed by atoms with Gasteiger partial charge in [0.25, 0.3) is 0 Å². The second kappa shape index (κ2) is 8.79. The number of alkyl carbamates (subject to hydrolysis) is 1. The predicted octanol–water partition coefficient (Wildman–Crippen LogP) is 2.30. The number of benzene rings is 1. The van der Waals surface area contributed by atoms with E-state index in [2.05, 4.69) is 5.32 Å². The molecule has 0 bridgehead atoms. The van der Waals surface area contributed by atoms with Crippen LogP contribution >= 0.6 is 0 Å². The number of hydrogen-bond acceptors (Lipinski definition) is 4. The Kier molecular flexibility index (Phi) is 7.39. The van der Waals surface area contributed by atoms with Crippen molar-refractivity contribution >= 4 is 27.0 Å². The SMILES string of the molecule is COc1ccc(C[Se]CC(NC(=O)OC(C)(C)C)C(=O)O)cc1. The number of hydrogen-bond donors (Lipinski definition) is 2. The maximum absolute atomic E-state index is 11.7. The van der Waals surface area contributed by atoms with Gasteiger partial charge in [-0.15, -0.1) is 0 Å². The van der Waals surface area contributed by atoms with Gasteiger partial charge >= 0.3 is 142 Å². The van der Waals surface area contributed by atoms with E-state index in [-0.39, 0.29) is 15.0 Å². The summed E-state index contributed by atoms with van der Waals surface area (Å²) in [7, 11) is 1.61. The zero-order valence-electron chi connectivity index (χ0n) is 13.8. The summed E-state index contributed by atoms with van der Waals surface area (Å²) in [5.74, 6) is -0.260. The Morgan fingerprint density at radius 2 is 1.87 bits per heavy atom. The number of carbonyl (C=O) groups is 2. The van der Waals surface area contributed by atoms with Crippen LogP contribution in [0, 0.1) is 0 Å². The average Bonchev–Trinajstić information content (AvgIpc) is 2.44. The van der Waals surface area contributed by atoms with Crippen LogP contribution in [0.1, 0.15) is 26.3 Å². The molecule has 7 heteroatoms. The fraction of sp³-hybridized carbons (Fsp3) is 0.500. The maximum atomic E-state index is 11.7. The molecule has 0 aromatic heterocycles. The van der Waals surface area contributed by atoms with E-state index in [0.717, 1.165) is 16.6 Å². The molecule has 0 radical (unpaired) electrons. The zero-order chi connectivity index (χ0) is 17.5. The van der Waals surface area contributed by atoms with Crippen LogP contribution in [-0.4, -0.2) is 50.9 Å². The summed E-state index contributed by atoms with van der Waals surface area (Å²) in [6, 6.07) is 6.73. The number of nitrogens with one attached hydrogen (secondary N) is 1. The molecular formula is C16H23NO5Se. The molecule has 0 heterocycles. The number of carbonyl (C=O) groups excluding carboxylic acids is 1. The van der Waals surface area contributed by atoms with Gasteiger partial charge in [-0.1, -0.05) is 0 Å². The van der Waals surface area contributed by atoms with E-state index in [1.54, 1.807) is 27.9 Å². The number of methoxy groups -OCH3 is 1. The van der Waals surface area contributed by atoms with Gasteiger partial charge in [-0.05, 0) is 0 Å². The molecule has 0 aliphatic heterocycles. The Morgan fingerprint density at radius 1 is 1.26 bits per heavy atom. The van der Waals surface area contributed by atoms with Gasteiger partial charge in [0.05, 0.1) is 0 Å². The summed E-state index contributed by atoms with van der Waals surface area (Å²) < 4.78 is 10.2. The Bertz CT molecular complexity index is 524. The molecule has 1 aromatic rings. The van der Waals surface area contributed by atoms with E-state index in [0.29, 0.717) is 5.32 Å². The Hall–Kier alpha value is -1.72. The molecule has 0 spiro atoms. The van der Waals surface area contributed by atoms with Crippen LogP contribution in [0.15, 0.2) is 24.3 Å². The molecule has 0 fully saturated rings. The van der Waals surface area contributed by atoms with Crippen LogP contribution in [0.25, 0.3) is 0 Å². The summed E-state index contributed by atoms with van der Waals surface area (Å²) in [5.41, 5.74) is 0.466. The van der Waals surface area contributed by atoms with Crippen molar-refractivity contribution in [1.82, 2.24) is 5.32 Å². The fourth-order valence-corrected chi connectivity index (χ4v) is 3.75. The van der Waals surface area contributed by atoms with E-state index in [4.69, 9.17) is 9.47 Å². The molecule has 128 valence electrons. The molecule has 1 unspecified atom stereocenters. The van der Waals surface area contributed by atoms with Gasteiger partial charge in [-0.25, -0.2) is 0 Å². The Morgan fingerprint density at radius 3 is 2.35 bits per heavy atom. The van der Waals surface area contributed by atoms with Crippen LogP contribution < -0.4 is 10.1 Å². The van der Waals surface area contributed by atoms with Gasteiger partial charge < -0.3 is 0 Å². The van der Waals surface area contributed by atoms with Gasteiger partial charge in [-0.2, -0.15) is 0 Å². The van der Waals surface area contributed by atoms with Crippen LogP contribution in [0.2, 0.25) is 5.32 Å². The van der Waals surface area contributed by atoms with Gasteiger partial charge in [0, 0.05) is 0 Å². The van der Waals surface area contributed by atoms with Crippen LogP contribution in [0.4, 0.5) is 4.79 Å². The van der Waals surface area contributed by atoms with Crippen molar-refractivity contribution in [3.63, 3.8) is 0 Å². The second-order valence-corrected chi connectivity index (χ2v) is 8.06. The molecule has 0 saturated heterocycles. The standard InChI is InChI=1S/C16H23NO5Se/c1-16(2,3)22-15(20)17-13(14(18)19)10-23-9-11-5-7-12(21-4)8-6-11/h5-8,13H,9-10H2,1-4H3,(H,17,20)(H,18,19). The van der Waals surface area contributed by atoms with Crippen molar-refractivity contribution < 1.29 is 24.2 Å². The molecule has 23 heavy (non-hydrogen) atoms. The molecule has 0 saturated carbocycles. The summed E-state index contributed by atoms with van der Waals surface area (Å²) in [6.07, 6.45) is -0.704. The topological polar surface area (TPSA) is 84.9 Å². The van der Waals surface area contributed by atoms with Gasteiger partial charge in [-0.3, -0.25) is 0 Å². The molecular weight excluding hydrogens is 365 g/mol. The molecule has 1 aromatic carbocycles. The summed E-state index contributed by atoms with van der Waals surface area (Å²) in [6.45, 7) is 5.20. The van der Waals surface area contributed by atoms with Crippen molar-refractivity contribution in [2.75, 3.05) is 7.11 Å². The first-order valence-corrected chi connectivity index (χ1v) is 9.56. The number of amides is 1. The van der Waals surface area contributed by atoms with Gasteiger partial charge in [0.15, 0.2) is 0 Å². The third-order valence-electron chi connectivity index (χ3n) is 2.70. The molecule has 0 aliphatic rings. The average molecular weight is 388 g/mol. The fourth-order valence-electron chi connectivity index (χ4n) is 1.64. The monoisotopic (exact) mass is 389 g/mol. The number of ether oxygens (including phenoxy) is 2. The normalized spacial score (nSPS) is 12.3. The van der Waals surface area contributed by atoms with Gasteiger partial charge in [0.2, 0.25) is 0 Å². The number of carboxylic acid groups (broad SMARTS) is 1. The van der Waals surface area contributed by atoms with E-state index in [1.165, 1.54) is 0 Å². The molecule has 1 amide bonds. The number of rotatable bonds is 7. The number of carboxylic acids is 1. The van der Waals surface area contributed by atoms with E-state index in [1.807, 2.05) is 24.3 Å². The first-order valence-electron chi connectivity index (χ1n) is 7.14. The van der Waals surface area contributed by atoms with E-state index in [9.17, 15) is 14.7 Å². The molecule has 0 aliphatic carbocycles. The predicted molar refractivity (Wildman–Crippen MR) is 88.1 cm³/mol. The third-order valence-corrected chi connectivity index (χ3v) is 5.02. The molecule has 6 nitrogen and oxygen atoms in total. The first kappa shape index (κ1) is 19.3. The van der Waals surface area contributed by atoms with Crippen molar-refractivity contribution in [1.29, 1.82) is 0 Å². The Labute approximate surface area is 142 Å². The van der Waals surface area contributed by atoms with Gasteiger partial charge in [0.1, 0.15) is 0 Å². The van der Waals surface area contributed by atoms with Crippen LogP contribution in [-0.2, 0) is 14.9 Å². The van der Waals surface area contributed by atoms with Crippen molar-refractivity contribution in [3.05, 3.63) is 29.8 Å². The first-order chi connectivity index (χ1) is 10.7. The van der Waals surface area contributed by atoms with Crippen LogP contribution in [0.5, 0.6) is 5.75 Å². The summed E-state index contributed by atoms with van der Waals surface area (Å²) in [4.78, 5) is 22.9. The van der Waals surface area contributed by atoms with Crippen LogP contribution in [0.3, 0.4) is 0 Å². The van der Waals surface area contributed by atoms with Crippen molar-refractivity contribution in [2.24, 2.45) is 0 Å². The second-order valence-electron chi connectivity index (χ2n) is 5.90. The van der Waals surface area contributed by atoms with E-state index >= 15 is 0 Å². The minimum atomic E-state index is -1.05. The van der Waals surface area contributed by atoms with Crippen molar-refractivity contribution in [3.8, 4) is 5.75 Å². The summed E-state index contributed by atoms with van der Waals surface area (Å²) >= 11 is 0.0483. The molecule has 1 atom stereocenters. The molecule has 2 N–H and O–H groups in total. The molecule has 1 rings (SSSR count). The third kappa shape index (κ3) is 7.90. The number of aliphatic carboxylic acids is 1. The zero-order valence-corrected chi connectivity index (χ0v) is 15.5. The van der Waals surface area contributed by atoms with Crippen molar-refractivity contribution in [2.45, 2.75) is 43.1 Å². The minimum absolute atomic E-state index is 0.0483. The summed E-state index contributed by atoms with van der Waals surface area (Å²) in [5, 5.41) is 12.8. The quantitative estimate of drug-likeness (QED) is 0.701. The Balaban J connectivity index is 2.46. The van der Waals surface area contributed by atoms with E-state index < -0.39 is 23.7 Å².